The highest BCUT2D eigenvalue weighted by atomic mass is 35.5. The minimum absolute atomic E-state index is 0.0820. The molecular weight excluding hydrogens is 202 g/mol. The van der Waals surface area contributed by atoms with Gasteiger partial charge in [-0.2, -0.15) is 0 Å². The summed E-state index contributed by atoms with van der Waals surface area (Å²) >= 11 is 7.85. The second-order valence-electron chi connectivity index (χ2n) is 4.36. The summed E-state index contributed by atoms with van der Waals surface area (Å²) in [6.45, 7) is 8.47. The Bertz CT molecular complexity index is 296. The first kappa shape index (κ1) is 11.0. The van der Waals surface area contributed by atoms with Gasteiger partial charge >= 0.3 is 0 Å². The van der Waals surface area contributed by atoms with E-state index in [-0.39, 0.29) is 11.5 Å². The van der Waals surface area contributed by atoms with Gasteiger partial charge in [0.1, 0.15) is 0 Å². The minimum atomic E-state index is 0.0820. The molecule has 3 heteroatoms. The molecule has 1 nitrogen and oxygen atoms in total. The molecule has 0 aliphatic carbocycles. The van der Waals surface area contributed by atoms with Crippen LogP contribution in [0.4, 0.5) is 0 Å². The summed E-state index contributed by atoms with van der Waals surface area (Å²) in [5, 5.41) is 0.852. The van der Waals surface area contributed by atoms with Crippen molar-refractivity contribution in [2.24, 2.45) is 5.73 Å². The van der Waals surface area contributed by atoms with Crippen LogP contribution in [-0.4, -0.2) is 0 Å². The molecule has 1 aromatic rings. The van der Waals surface area contributed by atoms with E-state index in [0.717, 1.165) is 9.90 Å². The molecule has 0 radical (unpaired) electrons. The van der Waals surface area contributed by atoms with Gasteiger partial charge in [0.05, 0.1) is 5.02 Å². The number of thiophene rings is 1. The topological polar surface area (TPSA) is 26.0 Å². The quantitative estimate of drug-likeness (QED) is 0.763. The van der Waals surface area contributed by atoms with Crippen LogP contribution in [0.3, 0.4) is 0 Å². The second-order valence-corrected chi connectivity index (χ2v) is 5.86. The zero-order valence-electron chi connectivity index (χ0n) is 8.52. The van der Waals surface area contributed by atoms with E-state index >= 15 is 0 Å². The molecule has 1 rings (SSSR count). The highest BCUT2D eigenvalue weighted by Gasteiger charge is 2.21. The first-order valence-electron chi connectivity index (χ1n) is 4.37. The molecule has 1 heterocycles. The molecule has 0 spiro atoms. The molecule has 0 bridgehead atoms. The van der Waals surface area contributed by atoms with Crippen molar-refractivity contribution >= 4 is 22.9 Å². The highest BCUT2D eigenvalue weighted by molar-refractivity contribution is 7.12. The molecule has 0 amide bonds. The predicted molar refractivity (Wildman–Crippen MR) is 60.6 cm³/mol. The van der Waals surface area contributed by atoms with E-state index in [2.05, 4.69) is 20.8 Å². The Balaban J connectivity index is 3.11. The Morgan fingerprint density at radius 1 is 1.46 bits per heavy atom. The fourth-order valence-electron chi connectivity index (χ4n) is 1.12. The van der Waals surface area contributed by atoms with Crippen LogP contribution in [0.2, 0.25) is 5.02 Å². The Labute approximate surface area is 88.9 Å². The fourth-order valence-corrected chi connectivity index (χ4v) is 2.76. The van der Waals surface area contributed by atoms with E-state index in [9.17, 15) is 0 Å². The van der Waals surface area contributed by atoms with Crippen LogP contribution in [0, 0.1) is 0 Å². The molecule has 1 unspecified atom stereocenters. The third-order valence-electron chi connectivity index (χ3n) is 1.84. The Morgan fingerprint density at radius 3 is 2.23 bits per heavy atom. The second kappa shape index (κ2) is 3.60. The molecule has 2 N–H and O–H groups in total. The number of halogens is 1. The van der Waals surface area contributed by atoms with Crippen molar-refractivity contribution in [3.05, 3.63) is 20.8 Å². The number of hydrogen-bond acceptors (Lipinski definition) is 2. The minimum Gasteiger partial charge on any atom is -0.324 e. The first-order valence-corrected chi connectivity index (χ1v) is 5.57. The zero-order chi connectivity index (χ0) is 10.2. The summed E-state index contributed by atoms with van der Waals surface area (Å²) in [7, 11) is 0. The average Bonchev–Trinajstić information content (AvgIpc) is 2.29. The van der Waals surface area contributed by atoms with E-state index < -0.39 is 0 Å². The van der Waals surface area contributed by atoms with Gasteiger partial charge in [0.2, 0.25) is 0 Å². The van der Waals surface area contributed by atoms with Crippen molar-refractivity contribution in [3.63, 3.8) is 0 Å². The summed E-state index contributed by atoms with van der Waals surface area (Å²) in [6.07, 6.45) is 0. The summed E-state index contributed by atoms with van der Waals surface area (Å²) in [6, 6.07) is 2.07. The zero-order valence-corrected chi connectivity index (χ0v) is 10.1. The average molecular weight is 218 g/mol. The Morgan fingerprint density at radius 2 is 2.00 bits per heavy atom. The van der Waals surface area contributed by atoms with E-state index in [1.807, 2.05) is 13.0 Å². The molecule has 0 aliphatic heterocycles. The third-order valence-corrected chi connectivity index (χ3v) is 4.01. The van der Waals surface area contributed by atoms with E-state index in [0.29, 0.717) is 0 Å². The standard InChI is InChI=1S/C10H16ClNS/c1-6(12)8-5-7(11)9(13-8)10(2,3)4/h5-6H,12H2,1-4H3. The smallest absolute Gasteiger partial charge is 0.0553 e. The van der Waals surface area contributed by atoms with Gasteiger partial charge in [-0.1, -0.05) is 32.4 Å². The molecule has 0 fully saturated rings. The normalized spacial score (nSPS) is 14.6. The van der Waals surface area contributed by atoms with Gasteiger partial charge in [-0.25, -0.2) is 0 Å². The summed E-state index contributed by atoms with van der Waals surface area (Å²) in [5.74, 6) is 0. The molecule has 0 aliphatic rings. The van der Waals surface area contributed by atoms with Gasteiger partial charge in [0.15, 0.2) is 0 Å². The molecular formula is C10H16ClNS. The summed E-state index contributed by atoms with van der Waals surface area (Å²) in [4.78, 5) is 2.39. The first-order chi connectivity index (χ1) is 5.82. The third kappa shape index (κ3) is 2.46. The van der Waals surface area contributed by atoms with Gasteiger partial charge in [0.25, 0.3) is 0 Å². The van der Waals surface area contributed by atoms with Crippen molar-refractivity contribution in [2.45, 2.75) is 39.2 Å². The predicted octanol–water partition coefficient (Wildman–Crippen LogP) is 3.72. The molecule has 0 saturated heterocycles. The molecule has 0 saturated carbocycles. The largest absolute Gasteiger partial charge is 0.324 e. The van der Waals surface area contributed by atoms with Crippen molar-refractivity contribution in [1.82, 2.24) is 0 Å². The molecule has 1 aromatic heterocycles. The van der Waals surface area contributed by atoms with Crippen LogP contribution in [0.25, 0.3) is 0 Å². The van der Waals surface area contributed by atoms with Gasteiger partial charge in [-0.05, 0) is 18.4 Å². The molecule has 1 atom stereocenters. The monoisotopic (exact) mass is 217 g/mol. The fraction of sp³-hybridized carbons (Fsp3) is 0.600. The lowest BCUT2D eigenvalue weighted by atomic mass is 9.95. The van der Waals surface area contributed by atoms with Crippen LogP contribution < -0.4 is 5.73 Å². The van der Waals surface area contributed by atoms with Crippen LogP contribution in [-0.2, 0) is 5.41 Å². The maximum Gasteiger partial charge on any atom is 0.0553 e. The number of nitrogens with two attached hydrogens (primary N) is 1. The maximum atomic E-state index is 6.13. The van der Waals surface area contributed by atoms with E-state index in [4.69, 9.17) is 17.3 Å². The molecule has 13 heavy (non-hydrogen) atoms. The van der Waals surface area contributed by atoms with Gasteiger partial charge in [-0.3, -0.25) is 0 Å². The van der Waals surface area contributed by atoms with Crippen LogP contribution >= 0.6 is 22.9 Å². The molecule has 0 aromatic carbocycles. The number of rotatable bonds is 1. The van der Waals surface area contributed by atoms with E-state index in [1.54, 1.807) is 11.3 Å². The lowest BCUT2D eigenvalue weighted by Crippen LogP contribution is -2.08. The van der Waals surface area contributed by atoms with Crippen molar-refractivity contribution in [2.75, 3.05) is 0 Å². The highest BCUT2D eigenvalue weighted by Crippen LogP contribution is 2.38. The van der Waals surface area contributed by atoms with E-state index in [1.165, 1.54) is 4.88 Å². The molecule has 74 valence electrons. The number of hydrogen-bond donors (Lipinski definition) is 1. The van der Waals surface area contributed by atoms with Gasteiger partial charge in [0, 0.05) is 15.8 Å². The lowest BCUT2D eigenvalue weighted by Gasteiger charge is -2.16. The maximum absolute atomic E-state index is 6.13. The Kier molecular flexibility index (Phi) is 3.05. The van der Waals surface area contributed by atoms with Crippen LogP contribution in [0.5, 0.6) is 0 Å². The summed E-state index contributed by atoms with van der Waals surface area (Å²) < 4.78 is 0. The van der Waals surface area contributed by atoms with Crippen molar-refractivity contribution < 1.29 is 0 Å². The Hall–Kier alpha value is -0.0500. The SMILES string of the molecule is CC(N)c1cc(Cl)c(C(C)(C)C)s1. The van der Waals surface area contributed by atoms with Gasteiger partial charge in [-0.15, -0.1) is 11.3 Å². The van der Waals surface area contributed by atoms with Gasteiger partial charge < -0.3 is 5.73 Å². The van der Waals surface area contributed by atoms with Crippen LogP contribution in [0.1, 0.15) is 43.5 Å². The summed E-state index contributed by atoms with van der Waals surface area (Å²) in [5.41, 5.74) is 5.91. The van der Waals surface area contributed by atoms with Crippen LogP contribution in [0.15, 0.2) is 6.07 Å². The lowest BCUT2D eigenvalue weighted by molar-refractivity contribution is 0.604. The van der Waals surface area contributed by atoms with Crippen molar-refractivity contribution in [1.29, 1.82) is 0 Å². The van der Waals surface area contributed by atoms with Crippen molar-refractivity contribution in [3.8, 4) is 0 Å².